The van der Waals surface area contributed by atoms with Gasteiger partial charge in [-0.1, -0.05) is 30.3 Å². The second-order valence-corrected chi connectivity index (χ2v) is 13.4. The van der Waals surface area contributed by atoms with E-state index in [1.54, 1.807) is 43.5 Å². The molecule has 0 unspecified atom stereocenters. The van der Waals surface area contributed by atoms with Crippen LogP contribution in [0.4, 0.5) is 5.95 Å². The Morgan fingerprint density at radius 3 is 2.50 bits per heavy atom. The summed E-state index contributed by atoms with van der Waals surface area (Å²) in [5, 5.41) is 17.6. The Morgan fingerprint density at radius 1 is 1.02 bits per heavy atom. The summed E-state index contributed by atoms with van der Waals surface area (Å²) in [6, 6.07) is 12.8. The highest BCUT2D eigenvalue weighted by Gasteiger charge is 2.35. The first-order chi connectivity index (χ1) is 26.0. The molecule has 0 aliphatic heterocycles. The molecule has 0 radical (unpaired) electrons. The zero-order chi connectivity index (χ0) is 38.7. The summed E-state index contributed by atoms with van der Waals surface area (Å²) in [4.78, 5) is 59.5. The molecule has 54 heavy (non-hydrogen) atoms. The number of sulfone groups is 1. The number of nitrogens with zero attached hydrogens (tertiary/aromatic N) is 3. The van der Waals surface area contributed by atoms with Crippen LogP contribution in [0, 0.1) is 5.21 Å². The Hall–Kier alpha value is -6.28. The molecule has 5 rings (SSSR count). The topological polar surface area (TPSA) is 275 Å². The number of nitrogens with two attached hydrogens (primary N) is 1. The van der Waals surface area contributed by atoms with Crippen LogP contribution < -0.4 is 26.2 Å². The lowest BCUT2D eigenvalue weighted by atomic mass is 10.0. The number of hydrogen-bond acceptors (Lipinski definition) is 15. The molecular weight excluding hydrogens is 730 g/mol. The fraction of sp³-hybridized carbons (Fsp3) is 0.324. The highest BCUT2D eigenvalue weighted by atomic mass is 32.2. The maximum absolute atomic E-state index is 13.0. The zero-order valence-corrected chi connectivity index (χ0v) is 29.8. The summed E-state index contributed by atoms with van der Waals surface area (Å²) < 4.78 is 50.9. The van der Waals surface area contributed by atoms with E-state index >= 15 is 0 Å². The molecule has 5 aromatic rings. The molecule has 0 aliphatic rings. The van der Waals surface area contributed by atoms with Crippen molar-refractivity contribution in [2.75, 3.05) is 38.8 Å². The van der Waals surface area contributed by atoms with Crippen molar-refractivity contribution in [2.45, 2.75) is 48.6 Å². The number of anilines is 1. The van der Waals surface area contributed by atoms with Gasteiger partial charge in [-0.05, 0) is 66.5 Å². The average Bonchev–Trinajstić information content (AvgIpc) is 3.75. The van der Waals surface area contributed by atoms with Gasteiger partial charge in [-0.2, -0.15) is 4.98 Å². The maximum atomic E-state index is 13.0. The Balaban J connectivity index is 1.03. The molecule has 2 aromatic carbocycles. The Bertz CT molecular complexity index is 2240. The molecule has 0 saturated heterocycles. The van der Waals surface area contributed by atoms with E-state index in [0.717, 1.165) is 11.1 Å². The van der Waals surface area contributed by atoms with Gasteiger partial charge in [0.25, 0.3) is 21.3 Å². The van der Waals surface area contributed by atoms with Crippen molar-refractivity contribution in [3.05, 3.63) is 93.0 Å². The second-order valence-electron chi connectivity index (χ2n) is 11.5. The van der Waals surface area contributed by atoms with Crippen LogP contribution in [0.25, 0.3) is 11.0 Å². The van der Waals surface area contributed by atoms with Crippen LogP contribution in [-0.2, 0) is 46.5 Å². The predicted molar refractivity (Wildman–Crippen MR) is 187 cm³/mol. The van der Waals surface area contributed by atoms with Gasteiger partial charge in [-0.3, -0.25) is 24.0 Å². The summed E-state index contributed by atoms with van der Waals surface area (Å²) >= 11 is 0. The minimum absolute atomic E-state index is 0.0201. The first-order valence-corrected chi connectivity index (χ1v) is 18.1. The number of hydrogen-bond donors (Lipinski definition) is 4. The van der Waals surface area contributed by atoms with Crippen LogP contribution in [-0.4, -0.2) is 85.4 Å². The standard InChI is InChI=1S/C34H37N7O12S/c1-2-50-33(45)25(37-29(43)22-11-8-21(9-12-22)10-13-23-20-36-28-27(23)30(44)39-34(35)38-28)14-15-26(42)51-18-16-49-17-19-52-31-32(41(46)53-40-31)54(47,48)24-6-4-3-5-7-24/h3-9,11-12,20,25H,2,10,13-19H2,1H3,(H,37,43)(H4,35,36,38,39,44)/t25-/m0/s1. The number of carbonyl (C=O) groups excluding carboxylic acids is 3. The number of benzene rings is 2. The quantitative estimate of drug-likeness (QED) is 0.0521. The number of fused-ring (bicyclic) bond motifs is 1. The van der Waals surface area contributed by atoms with Crippen LogP contribution in [0.15, 0.2) is 80.1 Å². The van der Waals surface area contributed by atoms with Gasteiger partial charge >= 0.3 is 22.8 Å². The van der Waals surface area contributed by atoms with E-state index in [1.807, 2.05) is 0 Å². The molecule has 1 atom stereocenters. The highest BCUT2D eigenvalue weighted by molar-refractivity contribution is 7.91. The molecule has 3 heterocycles. The lowest BCUT2D eigenvalue weighted by Crippen LogP contribution is -2.42. The molecule has 0 saturated carbocycles. The van der Waals surface area contributed by atoms with Crippen molar-refractivity contribution >= 4 is 44.7 Å². The van der Waals surface area contributed by atoms with E-state index in [9.17, 15) is 32.8 Å². The Morgan fingerprint density at radius 2 is 1.76 bits per heavy atom. The molecule has 19 nitrogen and oxygen atoms in total. The largest absolute Gasteiger partial charge is 0.464 e. The van der Waals surface area contributed by atoms with Crippen LogP contribution in [0.5, 0.6) is 5.88 Å². The zero-order valence-electron chi connectivity index (χ0n) is 28.9. The summed E-state index contributed by atoms with van der Waals surface area (Å²) in [5.74, 6) is -2.43. The smallest absolute Gasteiger partial charge is 0.415 e. The molecule has 5 N–H and O–H groups in total. The van der Waals surface area contributed by atoms with Gasteiger partial charge in [0.2, 0.25) is 5.95 Å². The van der Waals surface area contributed by atoms with Gasteiger partial charge < -0.3 is 40.2 Å². The number of nitrogen functional groups attached to an aromatic ring is 1. The molecule has 1 amide bonds. The van der Waals surface area contributed by atoms with Crippen LogP contribution in [0.3, 0.4) is 0 Å². The van der Waals surface area contributed by atoms with Gasteiger partial charge in [-0.25, -0.2) is 13.2 Å². The summed E-state index contributed by atoms with van der Waals surface area (Å²) in [5.41, 5.74) is 7.63. The lowest BCUT2D eigenvalue weighted by Gasteiger charge is -2.17. The van der Waals surface area contributed by atoms with E-state index < -0.39 is 44.6 Å². The summed E-state index contributed by atoms with van der Waals surface area (Å²) in [6.45, 7) is 1.19. The molecule has 0 spiro atoms. The van der Waals surface area contributed by atoms with E-state index in [0.29, 0.717) is 23.9 Å². The monoisotopic (exact) mass is 767 g/mol. The van der Waals surface area contributed by atoms with Gasteiger partial charge in [0.15, 0.2) is 0 Å². The molecule has 286 valence electrons. The highest BCUT2D eigenvalue weighted by Crippen LogP contribution is 2.25. The van der Waals surface area contributed by atoms with Crippen LogP contribution in [0.2, 0.25) is 0 Å². The minimum atomic E-state index is -4.27. The first kappa shape index (κ1) is 38.9. The number of esters is 2. The molecule has 0 fully saturated rings. The van der Waals surface area contributed by atoms with Crippen molar-refractivity contribution in [1.29, 1.82) is 0 Å². The number of H-pyrrole nitrogens is 2. The third-order valence-corrected chi connectivity index (χ3v) is 9.59. The van der Waals surface area contributed by atoms with Crippen LogP contribution in [0.1, 0.15) is 41.3 Å². The average molecular weight is 768 g/mol. The first-order valence-electron chi connectivity index (χ1n) is 16.7. The number of aromatic amines is 2. The van der Waals surface area contributed by atoms with Gasteiger partial charge in [0.1, 0.15) is 24.9 Å². The van der Waals surface area contributed by atoms with Gasteiger partial charge in [-0.15, -0.1) is 0 Å². The second kappa shape index (κ2) is 18.0. The fourth-order valence-corrected chi connectivity index (χ4v) is 6.54. The number of aromatic nitrogens is 5. The molecule has 3 aromatic heterocycles. The van der Waals surface area contributed by atoms with Crippen molar-refractivity contribution in [1.82, 2.24) is 25.4 Å². The number of carbonyl (C=O) groups is 3. The van der Waals surface area contributed by atoms with E-state index in [1.165, 1.54) is 24.3 Å². The fourth-order valence-electron chi connectivity index (χ4n) is 5.24. The summed E-state index contributed by atoms with van der Waals surface area (Å²) in [6.07, 6.45) is 2.49. The van der Waals surface area contributed by atoms with Crippen LogP contribution >= 0.6 is 0 Å². The van der Waals surface area contributed by atoms with Gasteiger partial charge in [0, 0.05) is 18.2 Å². The SMILES string of the molecule is CCOC(=O)[C@H](CCC(=O)OCCOCCOc1no[n+]([O-])c1S(=O)(=O)c1ccccc1)NC(=O)c1ccc(CCc2c[nH]c3nc(N)[nH]c(=O)c23)cc1. The number of ether oxygens (including phenoxy) is 4. The number of nitrogens with one attached hydrogen (secondary N) is 3. The molecule has 0 aliphatic carbocycles. The summed E-state index contributed by atoms with van der Waals surface area (Å²) in [7, 11) is -4.27. The van der Waals surface area contributed by atoms with E-state index in [-0.39, 0.29) is 72.7 Å². The molecular formula is C34H37N7O12S. The molecule has 0 bridgehead atoms. The van der Waals surface area contributed by atoms with Gasteiger partial charge in [0.05, 0.1) is 35.3 Å². The van der Waals surface area contributed by atoms with Crippen molar-refractivity contribution in [2.24, 2.45) is 0 Å². The maximum Gasteiger partial charge on any atom is 0.415 e. The molecule has 20 heteroatoms. The van der Waals surface area contributed by atoms with Crippen molar-refractivity contribution in [3.8, 4) is 5.88 Å². The van der Waals surface area contributed by atoms with E-state index in [2.05, 4.69) is 30.1 Å². The number of aryl methyl sites for hydroxylation is 2. The number of amides is 1. The number of rotatable bonds is 19. The van der Waals surface area contributed by atoms with E-state index in [4.69, 9.17) is 24.7 Å². The Labute approximate surface area is 307 Å². The lowest BCUT2D eigenvalue weighted by molar-refractivity contribution is -0.832. The third kappa shape index (κ3) is 9.77. The third-order valence-electron chi connectivity index (χ3n) is 7.87. The minimum Gasteiger partial charge on any atom is -0.464 e. The van der Waals surface area contributed by atoms with Crippen molar-refractivity contribution < 1.29 is 51.3 Å². The normalized spacial score (nSPS) is 11.9. The Kier molecular flexibility index (Phi) is 13.0. The predicted octanol–water partition coefficient (Wildman–Crippen LogP) is 1.15. The van der Waals surface area contributed by atoms with Crippen molar-refractivity contribution in [3.63, 3.8) is 0 Å².